The Hall–Kier alpha value is -1.32. The van der Waals surface area contributed by atoms with Crippen LogP contribution in [0.2, 0.25) is 0 Å². The highest BCUT2D eigenvalue weighted by Gasteiger charge is 2.28. The topological polar surface area (TPSA) is 55.1 Å². The molecule has 4 heteroatoms. The fourth-order valence-corrected chi connectivity index (χ4v) is 2.19. The summed E-state index contributed by atoms with van der Waals surface area (Å²) in [5.41, 5.74) is -0.124. The number of aryl methyl sites for hydroxylation is 1. The van der Waals surface area contributed by atoms with Gasteiger partial charge in [0.05, 0.1) is 6.20 Å². The number of carbonyl (C=O) groups excluding carboxylic acids is 1. The van der Waals surface area contributed by atoms with Crippen LogP contribution in [0.4, 0.5) is 0 Å². The normalized spacial score (nSPS) is 12.6. The van der Waals surface area contributed by atoms with Crippen molar-refractivity contribution in [1.82, 2.24) is 10.3 Å². The van der Waals surface area contributed by atoms with Gasteiger partial charge in [-0.05, 0) is 32.6 Å². The van der Waals surface area contributed by atoms with Crippen molar-refractivity contribution in [2.24, 2.45) is 5.41 Å². The largest absolute Gasteiger partial charge is 0.438 e. The average molecular weight is 238 g/mol. The fraction of sp³-hybridized carbons (Fsp3) is 0.692. The highest BCUT2D eigenvalue weighted by atomic mass is 16.4. The van der Waals surface area contributed by atoms with Gasteiger partial charge < -0.3 is 9.73 Å². The van der Waals surface area contributed by atoms with Gasteiger partial charge in [0, 0.05) is 5.54 Å². The molecule has 17 heavy (non-hydrogen) atoms. The van der Waals surface area contributed by atoms with E-state index in [9.17, 15) is 4.79 Å². The van der Waals surface area contributed by atoms with Crippen molar-refractivity contribution < 1.29 is 9.21 Å². The number of carbonyl (C=O) groups is 1. The molecule has 0 aliphatic carbocycles. The number of nitrogens with one attached hydrogen (secondary N) is 1. The summed E-state index contributed by atoms with van der Waals surface area (Å²) < 4.78 is 5.20. The first kappa shape index (κ1) is 13.7. The monoisotopic (exact) mass is 238 g/mol. The van der Waals surface area contributed by atoms with Gasteiger partial charge in [-0.25, -0.2) is 4.98 Å². The Morgan fingerprint density at radius 3 is 2.35 bits per heavy atom. The van der Waals surface area contributed by atoms with E-state index in [-0.39, 0.29) is 22.8 Å². The van der Waals surface area contributed by atoms with Crippen molar-refractivity contribution in [3.05, 3.63) is 17.8 Å². The van der Waals surface area contributed by atoms with Crippen LogP contribution in [0.3, 0.4) is 0 Å². The van der Waals surface area contributed by atoms with Gasteiger partial charge >= 0.3 is 5.91 Å². The molecule has 0 saturated heterocycles. The van der Waals surface area contributed by atoms with Crippen LogP contribution in [0.25, 0.3) is 0 Å². The lowest BCUT2D eigenvalue weighted by molar-refractivity contribution is 0.0854. The van der Waals surface area contributed by atoms with Gasteiger partial charge in [-0.3, -0.25) is 4.79 Å². The summed E-state index contributed by atoms with van der Waals surface area (Å²) >= 11 is 0. The highest BCUT2D eigenvalue weighted by Crippen LogP contribution is 2.26. The van der Waals surface area contributed by atoms with Crippen molar-refractivity contribution in [2.75, 3.05) is 0 Å². The van der Waals surface area contributed by atoms with Gasteiger partial charge in [0.15, 0.2) is 0 Å². The van der Waals surface area contributed by atoms with Crippen molar-refractivity contribution in [3.8, 4) is 0 Å². The number of hydrogen-bond acceptors (Lipinski definition) is 3. The zero-order valence-corrected chi connectivity index (χ0v) is 11.5. The van der Waals surface area contributed by atoms with Crippen LogP contribution < -0.4 is 5.32 Å². The lowest BCUT2D eigenvalue weighted by atomic mass is 9.82. The SMILES string of the molecule is Cc1cnc(C(=O)NC(C)(C)CC(C)(C)C)o1. The number of hydrogen-bond donors (Lipinski definition) is 1. The minimum Gasteiger partial charge on any atom is -0.438 e. The van der Waals surface area contributed by atoms with E-state index < -0.39 is 0 Å². The van der Waals surface area contributed by atoms with E-state index in [1.165, 1.54) is 0 Å². The number of amides is 1. The maximum atomic E-state index is 11.9. The molecule has 0 atom stereocenters. The van der Waals surface area contributed by atoms with Gasteiger partial charge in [-0.2, -0.15) is 0 Å². The van der Waals surface area contributed by atoms with Crippen LogP contribution in [-0.2, 0) is 0 Å². The van der Waals surface area contributed by atoms with E-state index >= 15 is 0 Å². The molecule has 1 heterocycles. The van der Waals surface area contributed by atoms with Gasteiger partial charge in [0.1, 0.15) is 5.76 Å². The molecule has 1 aromatic heterocycles. The molecule has 0 bridgehead atoms. The van der Waals surface area contributed by atoms with Crippen molar-refractivity contribution in [1.29, 1.82) is 0 Å². The quantitative estimate of drug-likeness (QED) is 0.880. The predicted molar refractivity (Wildman–Crippen MR) is 66.9 cm³/mol. The van der Waals surface area contributed by atoms with Crippen LogP contribution in [0.5, 0.6) is 0 Å². The molecule has 4 nitrogen and oxygen atoms in total. The number of oxazole rings is 1. The average Bonchev–Trinajstić information content (AvgIpc) is 2.45. The Labute approximate surface area is 103 Å². The molecule has 0 aliphatic rings. The van der Waals surface area contributed by atoms with Crippen LogP contribution in [0, 0.1) is 12.3 Å². The van der Waals surface area contributed by atoms with Crippen LogP contribution in [-0.4, -0.2) is 16.4 Å². The first-order valence-electron chi connectivity index (χ1n) is 5.84. The third-order valence-corrected chi connectivity index (χ3v) is 2.24. The maximum absolute atomic E-state index is 11.9. The minimum atomic E-state index is -0.280. The standard InChI is InChI=1S/C13H22N2O2/c1-9-7-14-11(17-9)10(16)15-13(5,6)8-12(2,3)4/h7H,8H2,1-6H3,(H,15,16). The zero-order chi connectivity index (χ0) is 13.3. The van der Waals surface area contributed by atoms with E-state index in [0.717, 1.165) is 6.42 Å². The molecule has 0 spiro atoms. The van der Waals surface area contributed by atoms with Gasteiger partial charge in [0.2, 0.25) is 0 Å². The molecular formula is C13H22N2O2. The molecule has 0 saturated carbocycles. The number of aromatic nitrogens is 1. The van der Waals surface area contributed by atoms with Crippen molar-refractivity contribution in [3.63, 3.8) is 0 Å². The molecule has 0 radical (unpaired) electrons. The summed E-state index contributed by atoms with van der Waals surface area (Å²) in [7, 11) is 0. The molecule has 0 aliphatic heterocycles. The molecule has 96 valence electrons. The smallest absolute Gasteiger partial charge is 0.307 e. The first-order valence-corrected chi connectivity index (χ1v) is 5.84. The maximum Gasteiger partial charge on any atom is 0.307 e. The molecule has 0 fully saturated rings. The molecule has 1 amide bonds. The van der Waals surface area contributed by atoms with Crippen molar-refractivity contribution >= 4 is 5.91 Å². The fourth-order valence-electron chi connectivity index (χ4n) is 2.19. The summed E-state index contributed by atoms with van der Waals surface area (Å²) in [4.78, 5) is 15.8. The van der Waals surface area contributed by atoms with E-state index in [1.807, 2.05) is 13.8 Å². The lowest BCUT2D eigenvalue weighted by Gasteiger charge is -2.32. The van der Waals surface area contributed by atoms with E-state index in [2.05, 4.69) is 31.1 Å². The summed E-state index contributed by atoms with van der Waals surface area (Å²) in [5, 5.41) is 2.95. The van der Waals surface area contributed by atoms with Gasteiger partial charge in [0.25, 0.3) is 5.89 Å². The van der Waals surface area contributed by atoms with E-state index in [4.69, 9.17) is 4.42 Å². The number of nitrogens with zero attached hydrogens (tertiary/aromatic N) is 1. The second-order valence-electron chi connectivity index (χ2n) is 6.35. The zero-order valence-electron chi connectivity index (χ0n) is 11.5. The second-order valence-corrected chi connectivity index (χ2v) is 6.35. The summed E-state index contributed by atoms with van der Waals surface area (Å²) in [6.45, 7) is 12.2. The molecule has 1 rings (SSSR count). The molecule has 0 unspecified atom stereocenters. The number of rotatable bonds is 3. The Morgan fingerprint density at radius 1 is 1.35 bits per heavy atom. The predicted octanol–water partition coefficient (Wildman–Crippen LogP) is 2.93. The molecule has 1 N–H and O–H groups in total. The Balaban J connectivity index is 2.68. The third-order valence-electron chi connectivity index (χ3n) is 2.24. The van der Waals surface area contributed by atoms with E-state index in [1.54, 1.807) is 13.1 Å². The Morgan fingerprint density at radius 2 is 1.94 bits per heavy atom. The minimum absolute atomic E-state index is 0.129. The summed E-state index contributed by atoms with van der Waals surface area (Å²) in [6, 6.07) is 0. The second kappa shape index (κ2) is 4.51. The van der Waals surface area contributed by atoms with Gasteiger partial charge in [-0.1, -0.05) is 20.8 Å². The van der Waals surface area contributed by atoms with Crippen LogP contribution in [0.1, 0.15) is 57.5 Å². The Kier molecular flexibility index (Phi) is 3.65. The summed E-state index contributed by atoms with van der Waals surface area (Å²) in [5.74, 6) is 0.514. The lowest BCUT2D eigenvalue weighted by Crippen LogP contribution is -2.45. The third kappa shape index (κ3) is 4.59. The molecular weight excluding hydrogens is 216 g/mol. The highest BCUT2D eigenvalue weighted by molar-refractivity contribution is 5.90. The summed E-state index contributed by atoms with van der Waals surface area (Å²) in [6.07, 6.45) is 2.43. The Bertz CT molecular complexity index is 400. The van der Waals surface area contributed by atoms with E-state index in [0.29, 0.717) is 5.76 Å². The van der Waals surface area contributed by atoms with Gasteiger partial charge in [-0.15, -0.1) is 0 Å². The van der Waals surface area contributed by atoms with Crippen LogP contribution in [0.15, 0.2) is 10.6 Å². The molecule has 1 aromatic rings. The first-order chi connectivity index (χ1) is 7.59. The molecule has 0 aromatic carbocycles. The van der Waals surface area contributed by atoms with Crippen molar-refractivity contribution in [2.45, 2.75) is 53.5 Å². The van der Waals surface area contributed by atoms with Crippen LogP contribution >= 0.6 is 0 Å².